The Balaban J connectivity index is 2.33. The fraction of sp³-hybridized carbons (Fsp3) is 0.0833. The van der Waals surface area contributed by atoms with Crippen molar-refractivity contribution in [1.82, 2.24) is 9.78 Å². The maximum atomic E-state index is 13.6. The molecule has 7 heteroatoms. The van der Waals surface area contributed by atoms with Gasteiger partial charge in [0.15, 0.2) is 0 Å². The van der Waals surface area contributed by atoms with Crippen molar-refractivity contribution in [3.63, 3.8) is 0 Å². The van der Waals surface area contributed by atoms with E-state index in [1.165, 1.54) is 29.2 Å². The number of carbonyl (C=O) groups is 2. The zero-order chi connectivity index (χ0) is 14.0. The number of aryl methyl sites for hydroxylation is 1. The minimum Gasteiger partial charge on any atom is -0.478 e. The lowest BCUT2D eigenvalue weighted by molar-refractivity contribution is 0.0697. The summed E-state index contributed by atoms with van der Waals surface area (Å²) in [6.07, 6.45) is 2.74. The van der Waals surface area contributed by atoms with Gasteiger partial charge in [0.25, 0.3) is 5.91 Å². The molecule has 1 aromatic carbocycles. The molecule has 0 spiro atoms. The first-order valence-corrected chi connectivity index (χ1v) is 5.31. The summed E-state index contributed by atoms with van der Waals surface area (Å²) in [5.41, 5.74) is -0.455. The number of carboxylic acids is 1. The number of carbonyl (C=O) groups excluding carboxylic acids is 1. The fourth-order valence-corrected chi connectivity index (χ4v) is 1.55. The third kappa shape index (κ3) is 2.59. The minimum atomic E-state index is -1.32. The molecule has 2 rings (SSSR count). The first kappa shape index (κ1) is 12.7. The third-order valence-corrected chi connectivity index (χ3v) is 2.45. The van der Waals surface area contributed by atoms with Gasteiger partial charge >= 0.3 is 5.97 Å². The predicted molar refractivity (Wildman–Crippen MR) is 64.5 cm³/mol. The van der Waals surface area contributed by atoms with Crippen molar-refractivity contribution in [2.24, 2.45) is 7.05 Å². The predicted octanol–water partition coefficient (Wildman–Crippen LogP) is 1.51. The Bertz CT molecular complexity index is 651. The van der Waals surface area contributed by atoms with Gasteiger partial charge in [-0.3, -0.25) is 9.48 Å². The summed E-state index contributed by atoms with van der Waals surface area (Å²) in [6.45, 7) is 0. The van der Waals surface area contributed by atoms with Gasteiger partial charge in [-0.1, -0.05) is 6.07 Å². The molecule has 0 saturated heterocycles. The SMILES string of the molecule is Cn1cc(C(=O)Nc2c(F)cccc2C(=O)O)cn1. The summed E-state index contributed by atoms with van der Waals surface area (Å²) < 4.78 is 15.0. The number of hydrogen-bond donors (Lipinski definition) is 2. The van der Waals surface area contributed by atoms with Crippen LogP contribution in [0.4, 0.5) is 10.1 Å². The minimum absolute atomic E-state index is 0.210. The van der Waals surface area contributed by atoms with Crippen LogP contribution >= 0.6 is 0 Å². The summed E-state index contributed by atoms with van der Waals surface area (Å²) in [5.74, 6) is -2.75. The van der Waals surface area contributed by atoms with Gasteiger partial charge in [-0.25, -0.2) is 9.18 Å². The molecule has 0 aliphatic heterocycles. The number of nitrogens with zero attached hydrogens (tertiary/aromatic N) is 2. The van der Waals surface area contributed by atoms with Crippen LogP contribution in [0.2, 0.25) is 0 Å². The molecule has 2 N–H and O–H groups in total. The second kappa shape index (κ2) is 4.89. The number of para-hydroxylation sites is 1. The number of aromatic nitrogens is 2. The second-order valence-electron chi connectivity index (χ2n) is 3.82. The van der Waals surface area contributed by atoms with Gasteiger partial charge in [0, 0.05) is 13.2 Å². The average molecular weight is 263 g/mol. The highest BCUT2D eigenvalue weighted by molar-refractivity contribution is 6.07. The Hall–Kier alpha value is -2.70. The van der Waals surface area contributed by atoms with E-state index in [0.717, 1.165) is 6.07 Å². The molecule has 0 atom stereocenters. The Morgan fingerprint density at radius 1 is 1.42 bits per heavy atom. The average Bonchev–Trinajstić information content (AvgIpc) is 2.78. The van der Waals surface area contributed by atoms with Crippen LogP contribution in [-0.2, 0) is 7.05 Å². The van der Waals surface area contributed by atoms with E-state index in [-0.39, 0.29) is 16.8 Å². The highest BCUT2D eigenvalue weighted by Gasteiger charge is 2.17. The van der Waals surface area contributed by atoms with Crippen molar-refractivity contribution in [1.29, 1.82) is 0 Å². The van der Waals surface area contributed by atoms with E-state index in [0.29, 0.717) is 0 Å². The van der Waals surface area contributed by atoms with E-state index in [1.54, 1.807) is 7.05 Å². The van der Waals surface area contributed by atoms with Crippen molar-refractivity contribution in [3.05, 3.63) is 47.5 Å². The van der Waals surface area contributed by atoms with E-state index in [2.05, 4.69) is 10.4 Å². The molecule has 0 unspecified atom stereocenters. The lowest BCUT2D eigenvalue weighted by Gasteiger charge is -2.08. The van der Waals surface area contributed by atoms with Crippen LogP contribution in [0.15, 0.2) is 30.6 Å². The summed E-state index contributed by atoms with van der Waals surface area (Å²) >= 11 is 0. The van der Waals surface area contributed by atoms with Crippen molar-refractivity contribution >= 4 is 17.6 Å². The standard InChI is InChI=1S/C12H10FN3O3/c1-16-6-7(5-14-16)11(17)15-10-8(12(18)19)3-2-4-9(10)13/h2-6H,1H3,(H,15,17)(H,18,19). The van der Waals surface area contributed by atoms with E-state index in [1.807, 2.05) is 0 Å². The third-order valence-electron chi connectivity index (χ3n) is 2.45. The summed E-state index contributed by atoms with van der Waals surface area (Å²) in [7, 11) is 1.63. The molecule has 0 saturated carbocycles. The Morgan fingerprint density at radius 3 is 2.74 bits per heavy atom. The Morgan fingerprint density at radius 2 is 2.16 bits per heavy atom. The number of rotatable bonds is 3. The van der Waals surface area contributed by atoms with Crippen LogP contribution in [0.25, 0.3) is 0 Å². The molecule has 0 aliphatic rings. The van der Waals surface area contributed by atoms with E-state index < -0.39 is 17.7 Å². The highest BCUT2D eigenvalue weighted by atomic mass is 19.1. The maximum absolute atomic E-state index is 13.6. The number of amides is 1. The van der Waals surface area contributed by atoms with Crippen LogP contribution in [-0.4, -0.2) is 26.8 Å². The molecule has 6 nitrogen and oxygen atoms in total. The van der Waals surface area contributed by atoms with Crippen molar-refractivity contribution in [3.8, 4) is 0 Å². The molecule has 0 radical (unpaired) electrons. The van der Waals surface area contributed by atoms with Crippen LogP contribution in [0.5, 0.6) is 0 Å². The number of aromatic carboxylic acids is 1. The lowest BCUT2D eigenvalue weighted by Crippen LogP contribution is -2.15. The molecule has 1 heterocycles. The second-order valence-corrected chi connectivity index (χ2v) is 3.82. The van der Waals surface area contributed by atoms with Crippen molar-refractivity contribution in [2.75, 3.05) is 5.32 Å². The van der Waals surface area contributed by atoms with E-state index in [9.17, 15) is 14.0 Å². The Kier molecular flexibility index (Phi) is 3.28. The largest absolute Gasteiger partial charge is 0.478 e. The van der Waals surface area contributed by atoms with Crippen molar-refractivity contribution < 1.29 is 19.1 Å². The topological polar surface area (TPSA) is 84.2 Å². The van der Waals surface area contributed by atoms with Crippen LogP contribution < -0.4 is 5.32 Å². The van der Waals surface area contributed by atoms with Crippen LogP contribution in [0.1, 0.15) is 20.7 Å². The zero-order valence-corrected chi connectivity index (χ0v) is 9.92. The van der Waals surface area contributed by atoms with Gasteiger partial charge < -0.3 is 10.4 Å². The molecule has 0 aliphatic carbocycles. The monoisotopic (exact) mass is 263 g/mol. The lowest BCUT2D eigenvalue weighted by atomic mass is 10.1. The summed E-state index contributed by atoms with van der Waals surface area (Å²) in [5, 5.41) is 15.0. The summed E-state index contributed by atoms with van der Waals surface area (Å²) in [4.78, 5) is 22.8. The molecule has 0 bridgehead atoms. The van der Waals surface area contributed by atoms with Gasteiger partial charge in [-0.2, -0.15) is 5.10 Å². The number of hydrogen-bond acceptors (Lipinski definition) is 3. The van der Waals surface area contributed by atoms with Gasteiger partial charge in [-0.05, 0) is 12.1 Å². The van der Waals surface area contributed by atoms with E-state index in [4.69, 9.17) is 5.11 Å². The smallest absolute Gasteiger partial charge is 0.337 e. The molecular weight excluding hydrogens is 253 g/mol. The number of nitrogens with one attached hydrogen (secondary N) is 1. The molecule has 0 fully saturated rings. The molecular formula is C12H10FN3O3. The van der Waals surface area contributed by atoms with Gasteiger partial charge in [0.1, 0.15) is 5.82 Å². The molecule has 1 amide bonds. The molecule has 1 aromatic heterocycles. The molecule has 98 valence electrons. The quantitative estimate of drug-likeness (QED) is 0.879. The normalized spacial score (nSPS) is 10.2. The van der Waals surface area contributed by atoms with Gasteiger partial charge in [-0.15, -0.1) is 0 Å². The molecule has 2 aromatic rings. The molecule has 19 heavy (non-hydrogen) atoms. The van der Waals surface area contributed by atoms with Crippen LogP contribution in [0, 0.1) is 5.82 Å². The first-order valence-electron chi connectivity index (χ1n) is 5.31. The number of carboxylic acid groups (broad SMARTS) is 1. The highest BCUT2D eigenvalue weighted by Crippen LogP contribution is 2.20. The number of benzene rings is 1. The maximum Gasteiger partial charge on any atom is 0.337 e. The summed E-state index contributed by atoms with van der Waals surface area (Å²) in [6, 6.07) is 3.55. The van der Waals surface area contributed by atoms with Crippen LogP contribution in [0.3, 0.4) is 0 Å². The number of anilines is 1. The number of halogens is 1. The fourth-order valence-electron chi connectivity index (χ4n) is 1.55. The Labute approximate surface area is 107 Å². The van der Waals surface area contributed by atoms with E-state index >= 15 is 0 Å². The van der Waals surface area contributed by atoms with Gasteiger partial charge in [0.05, 0.1) is 23.0 Å². The first-order chi connectivity index (χ1) is 8.99. The van der Waals surface area contributed by atoms with Gasteiger partial charge in [0.2, 0.25) is 0 Å². The zero-order valence-electron chi connectivity index (χ0n) is 9.92. The van der Waals surface area contributed by atoms with Crippen molar-refractivity contribution in [2.45, 2.75) is 0 Å².